The molecular weight excluding hydrogens is 334 g/mol. The van der Waals surface area contributed by atoms with Crippen molar-refractivity contribution in [1.82, 2.24) is 4.98 Å². The topological polar surface area (TPSA) is 85.5 Å². The zero-order chi connectivity index (χ0) is 19.3. The summed E-state index contributed by atoms with van der Waals surface area (Å²) >= 11 is 0. The van der Waals surface area contributed by atoms with E-state index < -0.39 is 0 Å². The van der Waals surface area contributed by atoms with Crippen LogP contribution < -0.4 is 9.47 Å². The number of aryl methyl sites for hydroxylation is 1. The highest BCUT2D eigenvalue weighted by molar-refractivity contribution is 6.03. The van der Waals surface area contributed by atoms with Crippen LogP contribution >= 0.6 is 0 Å². The molecule has 0 aliphatic carbocycles. The summed E-state index contributed by atoms with van der Waals surface area (Å²) in [6, 6.07) is 4.88. The lowest BCUT2D eigenvalue weighted by Gasteiger charge is -2.11. The highest BCUT2D eigenvalue weighted by Gasteiger charge is 2.20. The first-order chi connectivity index (χ1) is 12.4. The summed E-state index contributed by atoms with van der Waals surface area (Å²) in [6.07, 6.45) is 1.52. The first kappa shape index (κ1) is 19.4. The third kappa shape index (κ3) is 4.20. The molecule has 0 atom stereocenters. The molecule has 6 nitrogen and oxygen atoms in total. The molecule has 138 valence electrons. The molecule has 0 spiro atoms. The minimum Gasteiger partial charge on any atom is -0.493 e. The number of carbonyl (C=O) groups excluding carboxylic acids is 3. The zero-order valence-electron chi connectivity index (χ0n) is 15.5. The minimum atomic E-state index is -0.296. The third-order valence-corrected chi connectivity index (χ3v) is 4.01. The maximum Gasteiger partial charge on any atom is 0.216 e. The van der Waals surface area contributed by atoms with Crippen molar-refractivity contribution in [2.24, 2.45) is 0 Å². The molecule has 26 heavy (non-hydrogen) atoms. The summed E-state index contributed by atoms with van der Waals surface area (Å²) in [5.74, 6) is 0.468. The summed E-state index contributed by atoms with van der Waals surface area (Å²) in [4.78, 5) is 38.3. The fraction of sp³-hybridized carbons (Fsp3) is 0.350. The Balaban J connectivity index is 2.18. The number of nitrogens with one attached hydrogen (secondary N) is 1. The SMILES string of the molecule is CCCOc1ccc(C=O)c(OCC(=O)c2[nH]c(C)c(C(C)=O)c2C)c1. The molecule has 0 saturated heterocycles. The summed E-state index contributed by atoms with van der Waals surface area (Å²) < 4.78 is 11.1. The van der Waals surface area contributed by atoms with Gasteiger partial charge in [-0.25, -0.2) is 0 Å². The number of rotatable bonds is 9. The standard InChI is InChI=1S/C20H23NO5/c1-5-8-25-16-7-6-15(10-22)18(9-16)26-11-17(24)20-12(2)19(14(4)23)13(3)21-20/h6-7,9-10,21H,5,8,11H2,1-4H3. The Morgan fingerprint density at radius 2 is 1.92 bits per heavy atom. The third-order valence-electron chi connectivity index (χ3n) is 4.01. The molecule has 1 N–H and O–H groups in total. The molecule has 0 amide bonds. The normalized spacial score (nSPS) is 10.5. The van der Waals surface area contributed by atoms with Crippen molar-refractivity contribution in [1.29, 1.82) is 0 Å². The number of aldehydes is 1. The molecule has 0 saturated carbocycles. The monoisotopic (exact) mass is 357 g/mol. The van der Waals surface area contributed by atoms with Gasteiger partial charge in [0.1, 0.15) is 11.5 Å². The average Bonchev–Trinajstić information content (AvgIpc) is 2.92. The Bertz CT molecular complexity index is 835. The second kappa shape index (κ2) is 8.47. The first-order valence-electron chi connectivity index (χ1n) is 8.47. The van der Waals surface area contributed by atoms with Crippen LogP contribution in [-0.2, 0) is 0 Å². The number of ether oxygens (including phenoxy) is 2. The van der Waals surface area contributed by atoms with Crippen LogP contribution in [0.3, 0.4) is 0 Å². The van der Waals surface area contributed by atoms with Gasteiger partial charge in [-0.1, -0.05) is 6.92 Å². The quantitative estimate of drug-likeness (QED) is 0.546. The number of aromatic nitrogens is 1. The molecule has 2 aromatic rings. The summed E-state index contributed by atoms with van der Waals surface area (Å²) in [6.45, 7) is 7.23. The second-order valence-corrected chi connectivity index (χ2v) is 6.06. The smallest absolute Gasteiger partial charge is 0.216 e. The van der Waals surface area contributed by atoms with Crippen molar-refractivity contribution in [2.75, 3.05) is 13.2 Å². The Hall–Kier alpha value is -2.89. The van der Waals surface area contributed by atoms with Gasteiger partial charge in [-0.05, 0) is 44.9 Å². The first-order valence-corrected chi connectivity index (χ1v) is 8.47. The lowest BCUT2D eigenvalue weighted by atomic mass is 10.1. The number of hydrogen-bond acceptors (Lipinski definition) is 5. The largest absolute Gasteiger partial charge is 0.493 e. The van der Waals surface area contributed by atoms with E-state index in [9.17, 15) is 14.4 Å². The van der Waals surface area contributed by atoms with E-state index in [1.165, 1.54) is 6.92 Å². The van der Waals surface area contributed by atoms with Crippen molar-refractivity contribution < 1.29 is 23.9 Å². The fourth-order valence-electron chi connectivity index (χ4n) is 2.82. The Kier molecular flexibility index (Phi) is 6.33. The average molecular weight is 357 g/mol. The fourth-order valence-corrected chi connectivity index (χ4v) is 2.82. The van der Waals surface area contributed by atoms with E-state index in [0.29, 0.717) is 46.7 Å². The summed E-state index contributed by atoms with van der Waals surface area (Å²) in [5.41, 5.74) is 2.47. The van der Waals surface area contributed by atoms with Gasteiger partial charge in [-0.15, -0.1) is 0 Å². The van der Waals surface area contributed by atoms with Gasteiger partial charge < -0.3 is 14.5 Å². The van der Waals surface area contributed by atoms with Crippen LogP contribution in [0, 0.1) is 13.8 Å². The molecule has 0 unspecified atom stereocenters. The van der Waals surface area contributed by atoms with Gasteiger partial charge >= 0.3 is 0 Å². The molecule has 2 rings (SSSR count). The molecule has 0 fully saturated rings. The van der Waals surface area contributed by atoms with Gasteiger partial charge in [-0.2, -0.15) is 0 Å². The predicted molar refractivity (Wildman–Crippen MR) is 97.7 cm³/mol. The predicted octanol–water partition coefficient (Wildman–Crippen LogP) is 3.70. The van der Waals surface area contributed by atoms with Crippen molar-refractivity contribution in [3.63, 3.8) is 0 Å². The number of aromatic amines is 1. The van der Waals surface area contributed by atoms with Gasteiger partial charge in [0.25, 0.3) is 0 Å². The molecule has 1 aromatic carbocycles. The van der Waals surface area contributed by atoms with Crippen LogP contribution in [0.4, 0.5) is 0 Å². The molecule has 0 radical (unpaired) electrons. The Morgan fingerprint density at radius 3 is 2.50 bits per heavy atom. The van der Waals surface area contributed by atoms with Crippen LogP contribution in [0.25, 0.3) is 0 Å². The van der Waals surface area contributed by atoms with Gasteiger partial charge in [0, 0.05) is 17.3 Å². The van der Waals surface area contributed by atoms with Gasteiger partial charge in [0.05, 0.1) is 17.9 Å². The number of benzene rings is 1. The zero-order valence-corrected chi connectivity index (χ0v) is 15.5. The minimum absolute atomic E-state index is 0.0970. The van der Waals surface area contributed by atoms with Crippen molar-refractivity contribution in [3.8, 4) is 11.5 Å². The van der Waals surface area contributed by atoms with E-state index in [-0.39, 0.29) is 23.9 Å². The second-order valence-electron chi connectivity index (χ2n) is 6.06. The van der Waals surface area contributed by atoms with Crippen LogP contribution in [0.1, 0.15) is 62.7 Å². The number of Topliss-reactive ketones (excluding diaryl/α,β-unsaturated/α-hetero) is 2. The van der Waals surface area contributed by atoms with Gasteiger partial charge in [0.2, 0.25) is 5.78 Å². The van der Waals surface area contributed by atoms with E-state index in [2.05, 4.69) is 4.98 Å². The van der Waals surface area contributed by atoms with Crippen LogP contribution in [-0.4, -0.2) is 36.1 Å². The lowest BCUT2D eigenvalue weighted by molar-refractivity contribution is 0.0912. The summed E-state index contributed by atoms with van der Waals surface area (Å²) in [5, 5.41) is 0. The van der Waals surface area contributed by atoms with Crippen LogP contribution in [0.15, 0.2) is 18.2 Å². The Morgan fingerprint density at radius 1 is 1.19 bits per heavy atom. The number of H-pyrrole nitrogens is 1. The summed E-state index contributed by atoms with van der Waals surface area (Å²) in [7, 11) is 0. The molecule has 0 bridgehead atoms. The van der Waals surface area contributed by atoms with E-state index in [4.69, 9.17) is 9.47 Å². The molecule has 0 aliphatic heterocycles. The van der Waals surface area contributed by atoms with Gasteiger partial charge in [0.15, 0.2) is 18.7 Å². The van der Waals surface area contributed by atoms with E-state index in [1.807, 2.05) is 6.92 Å². The van der Waals surface area contributed by atoms with Crippen LogP contribution in [0.5, 0.6) is 11.5 Å². The van der Waals surface area contributed by atoms with E-state index >= 15 is 0 Å². The maximum atomic E-state index is 12.5. The van der Waals surface area contributed by atoms with E-state index in [0.717, 1.165) is 6.42 Å². The molecule has 1 aromatic heterocycles. The molecule has 6 heteroatoms. The van der Waals surface area contributed by atoms with Crippen molar-refractivity contribution >= 4 is 17.9 Å². The number of carbonyl (C=O) groups is 3. The lowest BCUT2D eigenvalue weighted by Crippen LogP contribution is -2.14. The number of hydrogen-bond donors (Lipinski definition) is 1. The molecule has 0 aliphatic rings. The number of ketones is 2. The Labute approximate surface area is 152 Å². The van der Waals surface area contributed by atoms with E-state index in [1.54, 1.807) is 32.0 Å². The van der Waals surface area contributed by atoms with Crippen LogP contribution in [0.2, 0.25) is 0 Å². The van der Waals surface area contributed by atoms with Crippen molar-refractivity contribution in [3.05, 3.63) is 46.3 Å². The molecule has 1 heterocycles. The van der Waals surface area contributed by atoms with Gasteiger partial charge in [-0.3, -0.25) is 14.4 Å². The highest BCUT2D eigenvalue weighted by Crippen LogP contribution is 2.25. The highest BCUT2D eigenvalue weighted by atomic mass is 16.5. The van der Waals surface area contributed by atoms with Crippen molar-refractivity contribution in [2.45, 2.75) is 34.1 Å². The molecular formula is C20H23NO5. The maximum absolute atomic E-state index is 12.5.